The zero-order valence-electron chi connectivity index (χ0n) is 14.5. The molecule has 0 saturated heterocycles. The number of hydrogen-bond donors (Lipinski definition) is 3. The van der Waals surface area contributed by atoms with E-state index < -0.39 is 0 Å². The van der Waals surface area contributed by atoms with Gasteiger partial charge in [-0.1, -0.05) is 41.9 Å². The standard InChI is InChI=1S/C19H22BrN3O2/c1-12(2)18(24)22-16-7-9-17(10-8-16)23-19(25)21-13(3)14-5-4-6-15(20)11-14/h4-13H,1-3H3,(H,22,24)(H2,21,23,25)/t13-/m0/s1. The molecule has 132 valence electrons. The molecular formula is C19H22BrN3O2. The molecule has 1 atom stereocenters. The fourth-order valence-corrected chi connectivity index (χ4v) is 2.56. The van der Waals surface area contributed by atoms with Crippen molar-refractivity contribution < 1.29 is 9.59 Å². The molecule has 0 unspecified atom stereocenters. The molecule has 0 aromatic heterocycles. The number of rotatable bonds is 5. The highest BCUT2D eigenvalue weighted by Crippen LogP contribution is 2.18. The maximum Gasteiger partial charge on any atom is 0.319 e. The molecule has 0 fully saturated rings. The average Bonchev–Trinajstić information content (AvgIpc) is 2.56. The molecule has 3 N–H and O–H groups in total. The first kappa shape index (κ1) is 19.0. The quantitative estimate of drug-likeness (QED) is 0.662. The van der Waals surface area contributed by atoms with Gasteiger partial charge >= 0.3 is 6.03 Å². The van der Waals surface area contributed by atoms with E-state index in [0.29, 0.717) is 11.4 Å². The Morgan fingerprint density at radius 2 is 1.52 bits per heavy atom. The number of benzene rings is 2. The van der Waals surface area contributed by atoms with Gasteiger partial charge in [0, 0.05) is 21.8 Å². The molecule has 25 heavy (non-hydrogen) atoms. The Morgan fingerprint density at radius 1 is 0.920 bits per heavy atom. The molecule has 0 aliphatic carbocycles. The zero-order chi connectivity index (χ0) is 18.4. The molecular weight excluding hydrogens is 382 g/mol. The summed E-state index contributed by atoms with van der Waals surface area (Å²) in [6, 6.07) is 14.4. The number of hydrogen-bond acceptors (Lipinski definition) is 2. The van der Waals surface area contributed by atoms with Gasteiger partial charge in [-0.2, -0.15) is 0 Å². The Labute approximate surface area is 156 Å². The minimum Gasteiger partial charge on any atom is -0.331 e. The third-order valence-electron chi connectivity index (χ3n) is 3.63. The number of carbonyl (C=O) groups is 2. The van der Waals surface area contributed by atoms with E-state index in [0.717, 1.165) is 10.0 Å². The van der Waals surface area contributed by atoms with Crippen molar-refractivity contribution >= 4 is 39.2 Å². The lowest BCUT2D eigenvalue weighted by Crippen LogP contribution is -2.31. The predicted molar refractivity (Wildman–Crippen MR) is 105 cm³/mol. The van der Waals surface area contributed by atoms with Gasteiger partial charge in [-0.15, -0.1) is 0 Å². The molecule has 5 nitrogen and oxygen atoms in total. The van der Waals surface area contributed by atoms with Gasteiger partial charge in [0.15, 0.2) is 0 Å². The summed E-state index contributed by atoms with van der Waals surface area (Å²) in [5.41, 5.74) is 2.37. The average molecular weight is 404 g/mol. The summed E-state index contributed by atoms with van der Waals surface area (Å²) in [6.07, 6.45) is 0. The SMILES string of the molecule is CC(C)C(=O)Nc1ccc(NC(=O)N[C@@H](C)c2cccc(Br)c2)cc1. The summed E-state index contributed by atoms with van der Waals surface area (Å²) in [7, 11) is 0. The van der Waals surface area contributed by atoms with Gasteiger partial charge in [0.05, 0.1) is 6.04 Å². The van der Waals surface area contributed by atoms with Gasteiger partial charge in [0.1, 0.15) is 0 Å². The van der Waals surface area contributed by atoms with E-state index in [2.05, 4.69) is 31.9 Å². The first-order chi connectivity index (χ1) is 11.8. The summed E-state index contributed by atoms with van der Waals surface area (Å²) < 4.78 is 0.970. The van der Waals surface area contributed by atoms with Crippen molar-refractivity contribution in [2.75, 3.05) is 10.6 Å². The molecule has 0 saturated carbocycles. The maximum absolute atomic E-state index is 12.1. The number of halogens is 1. The second-order valence-electron chi connectivity index (χ2n) is 6.10. The summed E-state index contributed by atoms with van der Waals surface area (Å²) in [6.45, 7) is 5.59. The van der Waals surface area contributed by atoms with Crippen LogP contribution in [0.1, 0.15) is 32.4 Å². The van der Waals surface area contributed by atoms with Crippen LogP contribution in [0.4, 0.5) is 16.2 Å². The van der Waals surface area contributed by atoms with Crippen molar-refractivity contribution in [2.24, 2.45) is 5.92 Å². The summed E-state index contributed by atoms with van der Waals surface area (Å²) >= 11 is 3.42. The van der Waals surface area contributed by atoms with Gasteiger partial charge in [-0.3, -0.25) is 4.79 Å². The van der Waals surface area contributed by atoms with E-state index in [1.165, 1.54) is 0 Å². The first-order valence-electron chi connectivity index (χ1n) is 8.09. The third-order valence-corrected chi connectivity index (χ3v) is 4.12. The minimum atomic E-state index is -0.286. The van der Waals surface area contributed by atoms with E-state index in [9.17, 15) is 9.59 Å². The van der Waals surface area contributed by atoms with E-state index in [-0.39, 0.29) is 23.9 Å². The largest absolute Gasteiger partial charge is 0.331 e. The van der Waals surface area contributed by atoms with Crippen LogP contribution in [-0.4, -0.2) is 11.9 Å². The van der Waals surface area contributed by atoms with Gasteiger partial charge in [-0.25, -0.2) is 4.79 Å². The molecule has 2 aromatic rings. The van der Waals surface area contributed by atoms with Gasteiger partial charge in [0.25, 0.3) is 0 Å². The van der Waals surface area contributed by atoms with Crippen molar-refractivity contribution in [1.82, 2.24) is 5.32 Å². The predicted octanol–water partition coefficient (Wildman–Crippen LogP) is 4.93. The minimum absolute atomic E-state index is 0.0405. The Hall–Kier alpha value is -2.34. The van der Waals surface area contributed by atoms with Gasteiger partial charge in [-0.05, 0) is 48.9 Å². The second kappa shape index (κ2) is 8.67. The van der Waals surface area contributed by atoms with Crippen molar-refractivity contribution in [2.45, 2.75) is 26.8 Å². The lowest BCUT2D eigenvalue weighted by Gasteiger charge is -2.15. The maximum atomic E-state index is 12.1. The smallest absolute Gasteiger partial charge is 0.319 e. The van der Waals surface area contributed by atoms with Crippen LogP contribution >= 0.6 is 15.9 Å². The molecule has 0 radical (unpaired) electrons. The highest BCUT2D eigenvalue weighted by Gasteiger charge is 2.10. The fourth-order valence-electron chi connectivity index (χ4n) is 2.15. The second-order valence-corrected chi connectivity index (χ2v) is 7.01. The van der Waals surface area contributed by atoms with Gasteiger partial charge < -0.3 is 16.0 Å². The van der Waals surface area contributed by atoms with Crippen LogP contribution < -0.4 is 16.0 Å². The Kier molecular flexibility index (Phi) is 6.58. The molecule has 0 aliphatic rings. The summed E-state index contributed by atoms with van der Waals surface area (Å²) in [4.78, 5) is 23.8. The number of amides is 3. The highest BCUT2D eigenvalue weighted by atomic mass is 79.9. The van der Waals surface area contributed by atoms with Crippen LogP contribution in [0.3, 0.4) is 0 Å². The molecule has 0 bridgehead atoms. The highest BCUT2D eigenvalue weighted by molar-refractivity contribution is 9.10. The van der Waals surface area contributed by atoms with Crippen LogP contribution in [-0.2, 0) is 4.79 Å². The van der Waals surface area contributed by atoms with Crippen molar-refractivity contribution in [3.63, 3.8) is 0 Å². The molecule has 2 aromatic carbocycles. The van der Waals surface area contributed by atoms with Crippen molar-refractivity contribution in [1.29, 1.82) is 0 Å². The van der Waals surface area contributed by atoms with E-state index >= 15 is 0 Å². The van der Waals surface area contributed by atoms with Crippen LogP contribution in [0.15, 0.2) is 53.0 Å². The van der Waals surface area contributed by atoms with Crippen LogP contribution in [0.5, 0.6) is 0 Å². The lowest BCUT2D eigenvalue weighted by molar-refractivity contribution is -0.118. The molecule has 0 spiro atoms. The zero-order valence-corrected chi connectivity index (χ0v) is 16.1. The number of nitrogens with one attached hydrogen (secondary N) is 3. The molecule has 6 heteroatoms. The molecule has 3 amide bonds. The Morgan fingerprint density at radius 3 is 2.08 bits per heavy atom. The van der Waals surface area contributed by atoms with Crippen LogP contribution in [0, 0.1) is 5.92 Å². The third kappa shape index (κ3) is 5.90. The summed E-state index contributed by atoms with van der Waals surface area (Å²) in [5, 5.41) is 8.49. The van der Waals surface area contributed by atoms with Crippen molar-refractivity contribution in [3.05, 3.63) is 58.6 Å². The number of urea groups is 1. The van der Waals surface area contributed by atoms with E-state index in [1.807, 2.05) is 45.0 Å². The topological polar surface area (TPSA) is 70.2 Å². The summed E-state index contributed by atoms with van der Waals surface area (Å²) in [5.74, 6) is -0.121. The molecule has 2 rings (SSSR count). The number of anilines is 2. The monoisotopic (exact) mass is 403 g/mol. The van der Waals surface area contributed by atoms with E-state index in [1.54, 1.807) is 24.3 Å². The lowest BCUT2D eigenvalue weighted by atomic mass is 10.1. The first-order valence-corrected chi connectivity index (χ1v) is 8.88. The van der Waals surface area contributed by atoms with Crippen LogP contribution in [0.2, 0.25) is 0 Å². The Bertz CT molecular complexity index is 745. The fraction of sp³-hybridized carbons (Fsp3) is 0.263. The van der Waals surface area contributed by atoms with Crippen molar-refractivity contribution in [3.8, 4) is 0 Å². The Balaban J connectivity index is 1.91. The molecule has 0 aliphatic heterocycles. The molecule has 0 heterocycles. The van der Waals surface area contributed by atoms with Crippen LogP contribution in [0.25, 0.3) is 0 Å². The van der Waals surface area contributed by atoms with Gasteiger partial charge in [0.2, 0.25) is 5.91 Å². The van der Waals surface area contributed by atoms with E-state index in [4.69, 9.17) is 0 Å². The number of carbonyl (C=O) groups excluding carboxylic acids is 2. The normalized spacial score (nSPS) is 11.7.